The summed E-state index contributed by atoms with van der Waals surface area (Å²) in [5.41, 5.74) is 0. The average Bonchev–Trinajstić information content (AvgIpc) is 1.77. The third-order valence-corrected chi connectivity index (χ3v) is 20.1. The second-order valence-electron chi connectivity index (χ2n) is 29.4. The van der Waals surface area contributed by atoms with Crippen molar-refractivity contribution in [3.05, 3.63) is 0 Å². The van der Waals surface area contributed by atoms with Gasteiger partial charge in [-0.25, -0.2) is 9.13 Å². The predicted octanol–water partition coefficient (Wildman–Crippen LogP) is 22.4. The lowest BCUT2D eigenvalue weighted by molar-refractivity contribution is -0.161. The molecular formula is C77H150O17P2. The van der Waals surface area contributed by atoms with Gasteiger partial charge in [0, 0.05) is 25.7 Å². The summed E-state index contributed by atoms with van der Waals surface area (Å²) >= 11 is 0. The summed E-state index contributed by atoms with van der Waals surface area (Å²) in [4.78, 5) is 72.7. The largest absolute Gasteiger partial charge is 0.472 e. The van der Waals surface area contributed by atoms with Crippen LogP contribution in [0.25, 0.3) is 0 Å². The highest BCUT2D eigenvalue weighted by Gasteiger charge is 2.30. The van der Waals surface area contributed by atoms with Crippen LogP contribution in [0.2, 0.25) is 0 Å². The van der Waals surface area contributed by atoms with Crippen LogP contribution in [0.4, 0.5) is 0 Å². The molecule has 0 aliphatic carbocycles. The quantitative estimate of drug-likeness (QED) is 0.0222. The van der Waals surface area contributed by atoms with Gasteiger partial charge in [0.2, 0.25) is 0 Å². The molecule has 0 amide bonds. The van der Waals surface area contributed by atoms with Crippen molar-refractivity contribution >= 4 is 39.5 Å². The number of phosphoric acid groups is 2. The zero-order valence-corrected chi connectivity index (χ0v) is 64.8. The Labute approximate surface area is 588 Å². The molecule has 0 aliphatic heterocycles. The van der Waals surface area contributed by atoms with Gasteiger partial charge in [0.05, 0.1) is 26.4 Å². The van der Waals surface area contributed by atoms with Crippen molar-refractivity contribution in [2.75, 3.05) is 39.6 Å². The van der Waals surface area contributed by atoms with E-state index in [1.807, 2.05) is 0 Å². The molecule has 0 radical (unpaired) electrons. The number of aliphatic hydroxyl groups is 1. The Kier molecular flexibility index (Phi) is 65.0. The lowest BCUT2D eigenvalue weighted by Crippen LogP contribution is -2.30. The maximum atomic E-state index is 13.1. The van der Waals surface area contributed by atoms with Gasteiger partial charge in [0.1, 0.15) is 19.3 Å². The van der Waals surface area contributed by atoms with Gasteiger partial charge in [-0.15, -0.1) is 0 Å². The second-order valence-corrected chi connectivity index (χ2v) is 32.3. The monoisotopic (exact) mass is 1410 g/mol. The number of carbonyl (C=O) groups is 4. The maximum Gasteiger partial charge on any atom is 0.472 e. The standard InChI is InChI=1S/C77H150O17P2/c1-9-70(8)56-48-40-31-25-21-17-14-15-18-22-26-32-41-49-57-74(79)87-63-72(93-76(81)59-51-43-33-27-23-19-13-11-10-12-16-20-24-29-37-45-53-67(2)3)65-91-95(83,84)89-61-71(78)62-90-96(85,86)92-66-73(94-77(82)60-52-44-36-35-39-47-55-69(6)7)64-88-75(80)58-50-42-34-28-30-38-46-54-68(4)5/h67-73,78H,9-66H2,1-8H3,(H,83,84)(H,85,86)/t70?,71?,72-,73-/m1/s1. The molecule has 570 valence electrons. The first-order chi connectivity index (χ1) is 46.1. The van der Waals surface area contributed by atoms with Crippen LogP contribution >= 0.6 is 15.6 Å². The van der Waals surface area contributed by atoms with Crippen LogP contribution in [0.3, 0.4) is 0 Å². The Balaban J connectivity index is 5.20. The lowest BCUT2D eigenvalue weighted by Gasteiger charge is -2.21. The zero-order valence-electron chi connectivity index (χ0n) is 63.0. The zero-order chi connectivity index (χ0) is 71.0. The van der Waals surface area contributed by atoms with E-state index >= 15 is 0 Å². The number of hydrogen-bond acceptors (Lipinski definition) is 15. The molecule has 0 aromatic carbocycles. The first kappa shape index (κ1) is 94.1. The SMILES string of the molecule is CCC(C)CCCCCCCCCCCCCCCCC(=O)OC[C@H](COP(=O)(O)OCC(O)COP(=O)(O)OC[C@@H](COC(=O)CCCCCCCCCC(C)C)OC(=O)CCCCCCCCC(C)C)OC(=O)CCCCCCCCCCCCCCCCCCC(C)C. The lowest BCUT2D eigenvalue weighted by atomic mass is 9.99. The second kappa shape index (κ2) is 66.3. The topological polar surface area (TPSA) is 237 Å². The summed E-state index contributed by atoms with van der Waals surface area (Å²) < 4.78 is 68.5. The minimum atomic E-state index is -4.96. The number of unbranched alkanes of at least 4 members (excludes halogenated alkanes) is 39. The minimum absolute atomic E-state index is 0.101. The molecule has 0 bridgehead atoms. The van der Waals surface area contributed by atoms with Gasteiger partial charge in [-0.1, -0.05) is 338 Å². The normalized spacial score (nSPS) is 14.4. The van der Waals surface area contributed by atoms with Crippen molar-refractivity contribution in [2.45, 2.75) is 408 Å². The molecule has 0 aromatic rings. The van der Waals surface area contributed by atoms with Gasteiger partial charge in [-0.3, -0.25) is 37.3 Å². The summed E-state index contributed by atoms with van der Waals surface area (Å²) in [6, 6.07) is 0. The number of aliphatic hydroxyl groups excluding tert-OH is 1. The van der Waals surface area contributed by atoms with Gasteiger partial charge in [0.25, 0.3) is 0 Å². The van der Waals surface area contributed by atoms with E-state index in [9.17, 15) is 43.2 Å². The summed E-state index contributed by atoms with van der Waals surface area (Å²) in [6.07, 6.45) is 51.7. The third kappa shape index (κ3) is 69.2. The summed E-state index contributed by atoms with van der Waals surface area (Å²) in [7, 11) is -9.91. The van der Waals surface area contributed by atoms with Crippen molar-refractivity contribution in [3.63, 3.8) is 0 Å². The first-order valence-electron chi connectivity index (χ1n) is 39.7. The summed E-state index contributed by atoms with van der Waals surface area (Å²) in [6.45, 7) is 14.1. The van der Waals surface area contributed by atoms with Crippen LogP contribution in [-0.4, -0.2) is 96.7 Å². The fourth-order valence-corrected chi connectivity index (χ4v) is 13.3. The number of esters is 4. The molecule has 0 fully saturated rings. The van der Waals surface area contributed by atoms with Crippen LogP contribution in [0.5, 0.6) is 0 Å². The molecule has 0 heterocycles. The molecule has 6 atom stereocenters. The highest BCUT2D eigenvalue weighted by Crippen LogP contribution is 2.45. The van der Waals surface area contributed by atoms with E-state index in [1.165, 1.54) is 186 Å². The van der Waals surface area contributed by atoms with Crippen LogP contribution in [0.15, 0.2) is 0 Å². The fourth-order valence-electron chi connectivity index (χ4n) is 11.7. The number of phosphoric ester groups is 2. The van der Waals surface area contributed by atoms with E-state index in [0.29, 0.717) is 37.5 Å². The average molecular weight is 1410 g/mol. The molecule has 96 heavy (non-hydrogen) atoms. The Hall–Kier alpha value is -1.94. The van der Waals surface area contributed by atoms with Gasteiger partial charge >= 0.3 is 39.5 Å². The van der Waals surface area contributed by atoms with Crippen molar-refractivity contribution in [1.29, 1.82) is 0 Å². The molecule has 17 nitrogen and oxygen atoms in total. The minimum Gasteiger partial charge on any atom is -0.462 e. The Morgan fingerprint density at radius 1 is 0.292 bits per heavy atom. The highest BCUT2D eigenvalue weighted by atomic mass is 31.2. The Bertz CT molecular complexity index is 1890. The van der Waals surface area contributed by atoms with Crippen LogP contribution in [0, 0.1) is 23.7 Å². The number of carbonyl (C=O) groups excluding carboxylic acids is 4. The number of ether oxygens (including phenoxy) is 4. The van der Waals surface area contributed by atoms with Gasteiger partial charge < -0.3 is 33.8 Å². The smallest absolute Gasteiger partial charge is 0.462 e. The Morgan fingerprint density at radius 2 is 0.500 bits per heavy atom. The summed E-state index contributed by atoms with van der Waals surface area (Å²) in [5, 5.41) is 10.6. The first-order valence-corrected chi connectivity index (χ1v) is 42.7. The number of hydrogen-bond donors (Lipinski definition) is 3. The molecule has 0 saturated carbocycles. The Morgan fingerprint density at radius 3 is 0.740 bits per heavy atom. The van der Waals surface area contributed by atoms with Crippen LogP contribution in [0.1, 0.15) is 389 Å². The van der Waals surface area contributed by atoms with Gasteiger partial charge in [0.15, 0.2) is 12.2 Å². The maximum absolute atomic E-state index is 13.1. The van der Waals surface area contributed by atoms with E-state index in [4.69, 9.17) is 37.0 Å². The van der Waals surface area contributed by atoms with Crippen molar-refractivity contribution in [2.24, 2.45) is 23.7 Å². The molecule has 0 spiro atoms. The molecule has 0 aromatic heterocycles. The fraction of sp³-hybridized carbons (Fsp3) is 0.948. The van der Waals surface area contributed by atoms with E-state index in [-0.39, 0.29) is 25.7 Å². The number of rotatable bonds is 74. The van der Waals surface area contributed by atoms with Crippen molar-refractivity contribution in [1.82, 2.24) is 0 Å². The van der Waals surface area contributed by atoms with Crippen molar-refractivity contribution in [3.8, 4) is 0 Å². The molecule has 4 unspecified atom stereocenters. The molecule has 0 saturated heterocycles. The van der Waals surface area contributed by atoms with E-state index in [0.717, 1.165) is 108 Å². The van der Waals surface area contributed by atoms with Gasteiger partial charge in [-0.05, 0) is 49.4 Å². The predicted molar refractivity (Wildman–Crippen MR) is 391 cm³/mol. The molecule has 3 N–H and O–H groups in total. The van der Waals surface area contributed by atoms with Crippen LogP contribution < -0.4 is 0 Å². The van der Waals surface area contributed by atoms with E-state index in [1.54, 1.807) is 0 Å². The highest BCUT2D eigenvalue weighted by molar-refractivity contribution is 7.47. The molecule has 0 rings (SSSR count). The van der Waals surface area contributed by atoms with E-state index in [2.05, 4.69) is 55.4 Å². The molecular weight excluding hydrogens is 1260 g/mol. The molecule has 19 heteroatoms. The molecule has 0 aliphatic rings. The van der Waals surface area contributed by atoms with Crippen LogP contribution in [-0.2, 0) is 65.4 Å². The third-order valence-electron chi connectivity index (χ3n) is 18.2. The summed E-state index contributed by atoms with van der Waals surface area (Å²) in [5.74, 6) is 0.908. The van der Waals surface area contributed by atoms with Gasteiger partial charge in [-0.2, -0.15) is 0 Å². The van der Waals surface area contributed by atoms with Crippen molar-refractivity contribution < 1.29 is 80.2 Å². The van der Waals surface area contributed by atoms with E-state index < -0.39 is 97.5 Å².